The Bertz CT molecular complexity index is 271. The van der Waals surface area contributed by atoms with E-state index < -0.39 is 12.8 Å². The fraction of sp³-hybridized carbons (Fsp3) is 0.455. The van der Waals surface area contributed by atoms with E-state index in [1.54, 1.807) is 12.1 Å². The summed E-state index contributed by atoms with van der Waals surface area (Å²) < 4.78 is 13.2. The topological polar surface area (TPSA) is 20.2 Å². The van der Waals surface area contributed by atoms with Gasteiger partial charge < -0.3 is 5.11 Å². The molecule has 0 fully saturated rings. The first-order chi connectivity index (χ1) is 6.16. The molecule has 0 saturated carbocycles. The van der Waals surface area contributed by atoms with Gasteiger partial charge >= 0.3 is 0 Å². The quantitative estimate of drug-likeness (QED) is 0.762. The van der Waals surface area contributed by atoms with Gasteiger partial charge in [0.1, 0.15) is 6.17 Å². The molecule has 0 aliphatic heterocycles. The maximum Gasteiger partial charge on any atom is 0.148 e. The van der Waals surface area contributed by atoms with E-state index >= 15 is 0 Å². The predicted octanol–water partition coefficient (Wildman–Crippen LogP) is 2.81. The van der Waals surface area contributed by atoms with Gasteiger partial charge in [-0.25, -0.2) is 4.39 Å². The zero-order valence-electron chi connectivity index (χ0n) is 8.00. The van der Waals surface area contributed by atoms with Crippen LogP contribution in [0.1, 0.15) is 37.1 Å². The third-order valence-corrected chi connectivity index (χ3v) is 2.12. The van der Waals surface area contributed by atoms with Crippen LogP contribution in [0.5, 0.6) is 0 Å². The summed E-state index contributed by atoms with van der Waals surface area (Å²) in [5.41, 5.74) is 1.59. The highest BCUT2D eigenvalue weighted by molar-refractivity contribution is 5.31. The van der Waals surface area contributed by atoms with E-state index in [4.69, 9.17) is 5.11 Å². The summed E-state index contributed by atoms with van der Waals surface area (Å²) in [4.78, 5) is 0. The molecule has 2 heteroatoms. The van der Waals surface area contributed by atoms with Crippen LogP contribution >= 0.6 is 0 Å². The molecule has 1 unspecified atom stereocenters. The molecule has 0 bridgehead atoms. The average molecular weight is 182 g/mol. The number of alkyl halides is 1. The molecular weight excluding hydrogens is 167 g/mol. The highest BCUT2D eigenvalue weighted by atomic mass is 19.1. The van der Waals surface area contributed by atoms with Gasteiger partial charge in [-0.3, -0.25) is 0 Å². The van der Waals surface area contributed by atoms with Gasteiger partial charge in [-0.15, -0.1) is 0 Å². The van der Waals surface area contributed by atoms with Crippen molar-refractivity contribution in [3.05, 3.63) is 35.4 Å². The molecular formula is C11H15FO. The van der Waals surface area contributed by atoms with Crippen molar-refractivity contribution in [3.8, 4) is 0 Å². The molecule has 1 N–H and O–H groups in total. The standard InChI is InChI=1S/C11H15FO/c1-8(2)9-5-3-4-6-10(9)11(12)7-13/h3-6,8,11,13H,7H2,1-2H3. The van der Waals surface area contributed by atoms with Gasteiger partial charge in [0.05, 0.1) is 6.61 Å². The monoisotopic (exact) mass is 182 g/mol. The molecule has 1 atom stereocenters. The number of halogens is 1. The molecule has 1 aromatic carbocycles. The highest BCUT2D eigenvalue weighted by Crippen LogP contribution is 2.26. The van der Waals surface area contributed by atoms with Crippen molar-refractivity contribution in [1.29, 1.82) is 0 Å². The maximum absolute atomic E-state index is 13.2. The molecule has 0 spiro atoms. The molecule has 1 rings (SSSR count). The highest BCUT2D eigenvalue weighted by Gasteiger charge is 2.13. The van der Waals surface area contributed by atoms with Crippen molar-refractivity contribution in [2.75, 3.05) is 6.61 Å². The Morgan fingerprint density at radius 3 is 2.23 bits per heavy atom. The normalized spacial score (nSPS) is 13.3. The smallest absolute Gasteiger partial charge is 0.148 e. The van der Waals surface area contributed by atoms with Crippen molar-refractivity contribution < 1.29 is 9.50 Å². The van der Waals surface area contributed by atoms with E-state index in [1.807, 2.05) is 26.0 Å². The molecule has 0 saturated heterocycles. The largest absolute Gasteiger partial charge is 0.393 e. The number of benzene rings is 1. The second-order valence-electron chi connectivity index (χ2n) is 3.43. The van der Waals surface area contributed by atoms with Gasteiger partial charge in [-0.1, -0.05) is 38.1 Å². The summed E-state index contributed by atoms with van der Waals surface area (Å²) in [6.07, 6.45) is -1.25. The van der Waals surface area contributed by atoms with Gasteiger partial charge in [-0.05, 0) is 17.0 Å². The number of hydrogen-bond acceptors (Lipinski definition) is 1. The Balaban J connectivity index is 3.04. The minimum absolute atomic E-state index is 0.293. The second-order valence-corrected chi connectivity index (χ2v) is 3.43. The minimum Gasteiger partial charge on any atom is -0.393 e. The van der Waals surface area contributed by atoms with Gasteiger partial charge in [0.2, 0.25) is 0 Å². The van der Waals surface area contributed by atoms with Crippen molar-refractivity contribution >= 4 is 0 Å². The van der Waals surface area contributed by atoms with Crippen LogP contribution in [0.4, 0.5) is 4.39 Å². The van der Waals surface area contributed by atoms with Crippen molar-refractivity contribution in [2.24, 2.45) is 0 Å². The summed E-state index contributed by atoms with van der Waals surface area (Å²) in [5, 5.41) is 8.72. The Hall–Kier alpha value is -0.890. The Morgan fingerprint density at radius 2 is 1.77 bits per heavy atom. The van der Waals surface area contributed by atoms with Crippen molar-refractivity contribution in [3.63, 3.8) is 0 Å². The molecule has 0 aromatic heterocycles. The van der Waals surface area contributed by atoms with E-state index in [-0.39, 0.29) is 0 Å². The van der Waals surface area contributed by atoms with Gasteiger partial charge in [-0.2, -0.15) is 0 Å². The van der Waals surface area contributed by atoms with Crippen LogP contribution < -0.4 is 0 Å². The van der Waals surface area contributed by atoms with Crippen LogP contribution in [0.3, 0.4) is 0 Å². The second kappa shape index (κ2) is 4.38. The predicted molar refractivity (Wildman–Crippen MR) is 51.5 cm³/mol. The Morgan fingerprint density at radius 1 is 1.23 bits per heavy atom. The van der Waals surface area contributed by atoms with Crippen LogP contribution in [0, 0.1) is 0 Å². The lowest BCUT2D eigenvalue weighted by Gasteiger charge is -2.14. The first-order valence-electron chi connectivity index (χ1n) is 4.50. The lowest BCUT2D eigenvalue weighted by molar-refractivity contribution is 0.179. The summed E-state index contributed by atoms with van der Waals surface area (Å²) in [6, 6.07) is 7.32. The maximum atomic E-state index is 13.2. The number of aliphatic hydroxyl groups excluding tert-OH is 1. The number of hydrogen-bond donors (Lipinski definition) is 1. The average Bonchev–Trinajstić information content (AvgIpc) is 2.16. The molecule has 13 heavy (non-hydrogen) atoms. The van der Waals surface area contributed by atoms with Crippen LogP contribution in [0.2, 0.25) is 0 Å². The van der Waals surface area contributed by atoms with E-state index in [2.05, 4.69) is 0 Å². The molecule has 0 amide bonds. The zero-order valence-corrected chi connectivity index (χ0v) is 8.00. The van der Waals surface area contributed by atoms with Gasteiger partial charge in [0, 0.05) is 0 Å². The fourth-order valence-electron chi connectivity index (χ4n) is 1.42. The Labute approximate surface area is 78.2 Å². The summed E-state index contributed by atoms with van der Waals surface area (Å²) >= 11 is 0. The van der Waals surface area contributed by atoms with E-state index in [0.717, 1.165) is 5.56 Å². The SMILES string of the molecule is CC(C)c1ccccc1C(F)CO. The van der Waals surface area contributed by atoms with E-state index in [9.17, 15) is 4.39 Å². The molecule has 1 nitrogen and oxygen atoms in total. The van der Waals surface area contributed by atoms with Crippen LogP contribution in [-0.4, -0.2) is 11.7 Å². The minimum atomic E-state index is -1.25. The van der Waals surface area contributed by atoms with Crippen molar-refractivity contribution in [1.82, 2.24) is 0 Å². The first kappa shape index (κ1) is 10.2. The molecule has 0 aliphatic carbocycles. The summed E-state index contributed by atoms with van der Waals surface area (Å²) in [7, 11) is 0. The van der Waals surface area contributed by atoms with Crippen molar-refractivity contribution in [2.45, 2.75) is 25.9 Å². The van der Waals surface area contributed by atoms with Gasteiger partial charge in [0.25, 0.3) is 0 Å². The molecule has 0 heterocycles. The first-order valence-corrected chi connectivity index (χ1v) is 4.50. The van der Waals surface area contributed by atoms with E-state index in [1.165, 1.54) is 0 Å². The molecule has 0 radical (unpaired) electrons. The van der Waals surface area contributed by atoms with E-state index in [0.29, 0.717) is 11.5 Å². The lowest BCUT2D eigenvalue weighted by Crippen LogP contribution is -2.02. The van der Waals surface area contributed by atoms with Crippen LogP contribution in [0.15, 0.2) is 24.3 Å². The summed E-state index contributed by atoms with van der Waals surface area (Å²) in [5.74, 6) is 0.293. The zero-order chi connectivity index (χ0) is 9.84. The Kier molecular flexibility index (Phi) is 3.43. The third kappa shape index (κ3) is 2.28. The van der Waals surface area contributed by atoms with Gasteiger partial charge in [0.15, 0.2) is 0 Å². The molecule has 0 aliphatic rings. The molecule has 1 aromatic rings. The van der Waals surface area contributed by atoms with Crippen LogP contribution in [0.25, 0.3) is 0 Å². The lowest BCUT2D eigenvalue weighted by atomic mass is 9.95. The molecule has 72 valence electrons. The number of aliphatic hydroxyl groups is 1. The third-order valence-electron chi connectivity index (χ3n) is 2.12. The number of rotatable bonds is 3. The van der Waals surface area contributed by atoms with Crippen LogP contribution in [-0.2, 0) is 0 Å². The fourth-order valence-corrected chi connectivity index (χ4v) is 1.42. The summed E-state index contributed by atoms with van der Waals surface area (Å²) in [6.45, 7) is 3.59.